The minimum Gasteiger partial charge on any atom is -0.490 e. The zero-order valence-electron chi connectivity index (χ0n) is 17.3. The first-order chi connectivity index (χ1) is 15.1. The molecule has 31 heavy (non-hydrogen) atoms. The van der Waals surface area contributed by atoms with Gasteiger partial charge < -0.3 is 9.47 Å². The third kappa shape index (κ3) is 3.79. The molecule has 0 saturated carbocycles. The first-order valence-electron chi connectivity index (χ1n) is 10.3. The fourth-order valence-electron chi connectivity index (χ4n) is 4.08. The smallest absolute Gasteiger partial charge is 0.213 e. The van der Waals surface area contributed by atoms with Crippen LogP contribution in [0, 0.1) is 6.92 Å². The van der Waals surface area contributed by atoms with Gasteiger partial charge in [0.1, 0.15) is 18.1 Å². The lowest BCUT2D eigenvalue weighted by Crippen LogP contribution is -2.33. The molecule has 2 aliphatic rings. The fraction of sp³-hybridized carbons (Fsp3) is 0.192. The highest BCUT2D eigenvalue weighted by molar-refractivity contribution is 6.30. The lowest BCUT2D eigenvalue weighted by molar-refractivity contribution is -0.0190. The Bertz CT molecular complexity index is 1140. The van der Waals surface area contributed by atoms with Crippen LogP contribution in [0.5, 0.6) is 11.5 Å². The number of hydrogen-bond acceptors (Lipinski definition) is 4. The van der Waals surface area contributed by atoms with Crippen molar-refractivity contribution in [2.45, 2.75) is 25.6 Å². The Morgan fingerprint density at radius 3 is 2.65 bits per heavy atom. The molecule has 0 N–H and O–H groups in total. The molecule has 3 aromatic rings. The van der Waals surface area contributed by atoms with Gasteiger partial charge in [-0.3, -0.25) is 0 Å². The summed E-state index contributed by atoms with van der Waals surface area (Å²) in [5.74, 6) is 1.68. The Morgan fingerprint density at radius 2 is 1.90 bits per heavy atom. The summed E-state index contributed by atoms with van der Waals surface area (Å²) < 4.78 is 12.0. The molecule has 0 aliphatic carbocycles. The Labute approximate surface area is 187 Å². The number of halogens is 1. The first kappa shape index (κ1) is 19.7. The molecular formula is C26H23ClN2O2. The molecule has 0 saturated heterocycles. The Balaban J connectivity index is 1.51. The number of ether oxygens (including phenoxy) is 2. The molecule has 0 unspecified atom stereocenters. The number of benzene rings is 3. The quantitative estimate of drug-likeness (QED) is 0.436. The van der Waals surface area contributed by atoms with E-state index in [1.165, 1.54) is 5.56 Å². The Kier molecular flexibility index (Phi) is 5.16. The van der Waals surface area contributed by atoms with Crippen molar-refractivity contribution in [3.63, 3.8) is 0 Å². The van der Waals surface area contributed by atoms with E-state index in [4.69, 9.17) is 26.2 Å². The number of hydrogen-bond donors (Lipinski definition) is 0. The van der Waals surface area contributed by atoms with Crippen LogP contribution < -0.4 is 9.47 Å². The van der Waals surface area contributed by atoms with E-state index >= 15 is 0 Å². The van der Waals surface area contributed by atoms with Crippen LogP contribution in [-0.2, 0) is 0 Å². The summed E-state index contributed by atoms with van der Waals surface area (Å²) >= 11 is 6.32. The van der Waals surface area contributed by atoms with Crippen LogP contribution in [0.15, 0.2) is 84.5 Å². The average Bonchev–Trinajstić information content (AvgIpc) is 3.24. The van der Waals surface area contributed by atoms with Gasteiger partial charge in [0.15, 0.2) is 0 Å². The van der Waals surface area contributed by atoms with Crippen molar-refractivity contribution in [3.8, 4) is 11.5 Å². The van der Waals surface area contributed by atoms with Crippen LogP contribution in [0.3, 0.4) is 0 Å². The summed E-state index contributed by atoms with van der Waals surface area (Å²) in [6.45, 7) is 6.26. The maximum atomic E-state index is 6.41. The lowest BCUT2D eigenvalue weighted by Gasteiger charge is -2.38. The van der Waals surface area contributed by atoms with E-state index in [2.05, 4.69) is 54.9 Å². The number of fused-ring (bicyclic) bond motifs is 3. The first-order valence-corrected chi connectivity index (χ1v) is 10.7. The van der Waals surface area contributed by atoms with E-state index in [0.717, 1.165) is 40.3 Å². The minimum absolute atomic E-state index is 0.0699. The number of rotatable bonds is 5. The standard InChI is InChI=1S/C26H23ClN2O2/c1-3-14-30-21-11-8-18(9-12-21)23-16-24-22-15-20(27)10-13-25(22)31-26(29(24)28-23)19-6-4-17(2)5-7-19/h3-13,15,24,26H,1,14,16H2,2H3/t24-,26+/m0/s1. The van der Waals surface area contributed by atoms with Gasteiger partial charge in [0.2, 0.25) is 6.23 Å². The van der Waals surface area contributed by atoms with Crippen molar-refractivity contribution in [1.29, 1.82) is 0 Å². The minimum atomic E-state index is -0.285. The van der Waals surface area contributed by atoms with Gasteiger partial charge in [-0.15, -0.1) is 0 Å². The van der Waals surface area contributed by atoms with Gasteiger partial charge in [-0.25, -0.2) is 5.01 Å². The summed E-state index contributed by atoms with van der Waals surface area (Å²) in [7, 11) is 0. The zero-order valence-corrected chi connectivity index (χ0v) is 18.0. The van der Waals surface area contributed by atoms with Crippen LogP contribution in [0.1, 0.15) is 40.9 Å². The van der Waals surface area contributed by atoms with E-state index in [1.54, 1.807) is 6.08 Å². The molecule has 4 nitrogen and oxygen atoms in total. The van der Waals surface area contributed by atoms with Gasteiger partial charge in [-0.2, -0.15) is 5.10 Å². The average molecular weight is 431 g/mol. The van der Waals surface area contributed by atoms with Crippen molar-refractivity contribution >= 4 is 17.3 Å². The van der Waals surface area contributed by atoms with E-state index in [-0.39, 0.29) is 12.3 Å². The molecule has 2 aliphatic heterocycles. The predicted molar refractivity (Wildman–Crippen MR) is 124 cm³/mol. The molecule has 3 aromatic carbocycles. The van der Waals surface area contributed by atoms with Crippen LogP contribution in [0.2, 0.25) is 5.02 Å². The molecule has 5 rings (SSSR count). The monoisotopic (exact) mass is 430 g/mol. The second-order valence-corrected chi connectivity index (χ2v) is 8.27. The summed E-state index contributed by atoms with van der Waals surface area (Å²) in [6, 6.07) is 22.4. The second kappa shape index (κ2) is 8.12. The van der Waals surface area contributed by atoms with Gasteiger partial charge in [0, 0.05) is 22.6 Å². The van der Waals surface area contributed by atoms with Gasteiger partial charge in [0.05, 0.1) is 11.8 Å². The molecule has 0 aromatic heterocycles. The third-order valence-corrected chi connectivity index (χ3v) is 5.90. The van der Waals surface area contributed by atoms with E-state index in [9.17, 15) is 0 Å². The molecule has 0 bridgehead atoms. The predicted octanol–water partition coefficient (Wildman–Crippen LogP) is 6.46. The maximum absolute atomic E-state index is 6.41. The van der Waals surface area contributed by atoms with Crippen LogP contribution in [0.25, 0.3) is 0 Å². The second-order valence-electron chi connectivity index (χ2n) is 7.83. The van der Waals surface area contributed by atoms with Crippen LogP contribution in [0.4, 0.5) is 0 Å². The topological polar surface area (TPSA) is 34.1 Å². The summed E-state index contributed by atoms with van der Waals surface area (Å²) in [4.78, 5) is 0. The summed E-state index contributed by atoms with van der Waals surface area (Å²) in [6.07, 6.45) is 2.24. The van der Waals surface area contributed by atoms with Crippen molar-refractivity contribution in [2.75, 3.05) is 6.61 Å². The Hall–Kier alpha value is -3.24. The highest BCUT2D eigenvalue weighted by Crippen LogP contribution is 2.48. The third-order valence-electron chi connectivity index (χ3n) is 5.67. The Morgan fingerprint density at radius 1 is 1.13 bits per heavy atom. The number of nitrogens with zero attached hydrogens (tertiary/aromatic N) is 2. The molecular weight excluding hydrogens is 408 g/mol. The molecule has 0 amide bonds. The highest BCUT2D eigenvalue weighted by Gasteiger charge is 2.41. The molecule has 0 fully saturated rings. The van der Waals surface area contributed by atoms with Crippen LogP contribution in [-0.4, -0.2) is 17.3 Å². The van der Waals surface area contributed by atoms with E-state index in [0.29, 0.717) is 11.6 Å². The lowest BCUT2D eigenvalue weighted by atomic mass is 9.96. The molecule has 156 valence electrons. The van der Waals surface area contributed by atoms with Gasteiger partial charge in [-0.05, 0) is 55.0 Å². The normalized spacial score (nSPS) is 19.2. The fourth-order valence-corrected chi connectivity index (χ4v) is 4.26. The van der Waals surface area contributed by atoms with Crippen molar-refractivity contribution in [1.82, 2.24) is 5.01 Å². The van der Waals surface area contributed by atoms with Crippen molar-refractivity contribution in [2.24, 2.45) is 5.10 Å². The summed E-state index contributed by atoms with van der Waals surface area (Å²) in [5.41, 5.74) is 5.46. The van der Waals surface area contributed by atoms with Gasteiger partial charge in [-0.1, -0.05) is 54.1 Å². The summed E-state index contributed by atoms with van der Waals surface area (Å²) in [5, 5.41) is 7.78. The van der Waals surface area contributed by atoms with Gasteiger partial charge in [0.25, 0.3) is 0 Å². The van der Waals surface area contributed by atoms with Crippen molar-refractivity contribution < 1.29 is 9.47 Å². The van der Waals surface area contributed by atoms with E-state index in [1.807, 2.05) is 30.3 Å². The van der Waals surface area contributed by atoms with Crippen LogP contribution >= 0.6 is 11.6 Å². The number of aryl methyl sites for hydroxylation is 1. The molecule has 2 heterocycles. The van der Waals surface area contributed by atoms with E-state index < -0.39 is 0 Å². The highest BCUT2D eigenvalue weighted by atomic mass is 35.5. The molecule has 0 spiro atoms. The van der Waals surface area contributed by atoms with Crippen molar-refractivity contribution in [3.05, 3.63) is 107 Å². The largest absolute Gasteiger partial charge is 0.490 e. The molecule has 0 radical (unpaired) electrons. The maximum Gasteiger partial charge on any atom is 0.213 e. The zero-order chi connectivity index (χ0) is 21.4. The molecule has 5 heteroatoms. The number of hydrazone groups is 1. The molecule has 2 atom stereocenters. The SMILES string of the molecule is C=CCOc1ccc(C2=NN3[C@@H](c4ccc(C)cc4)Oc4ccc(Cl)cc4[C@@H]3C2)cc1. The van der Waals surface area contributed by atoms with Gasteiger partial charge >= 0.3 is 0 Å².